The first-order valence-corrected chi connectivity index (χ1v) is 5.78. The summed E-state index contributed by atoms with van der Waals surface area (Å²) in [6.07, 6.45) is 0. The molecule has 0 aliphatic rings. The van der Waals surface area contributed by atoms with Gasteiger partial charge in [0.2, 0.25) is 0 Å². The second-order valence-corrected chi connectivity index (χ2v) is 4.45. The Morgan fingerprint density at radius 1 is 1.22 bits per heavy atom. The molecule has 0 unspecified atom stereocenters. The lowest BCUT2D eigenvalue weighted by atomic mass is 10.2. The van der Waals surface area contributed by atoms with Crippen LogP contribution in [0.5, 0.6) is 0 Å². The van der Waals surface area contributed by atoms with Crippen LogP contribution in [0.2, 0.25) is 5.02 Å². The lowest BCUT2D eigenvalue weighted by Gasteiger charge is -2.11. The Bertz CT molecular complexity index is 588. The van der Waals surface area contributed by atoms with Gasteiger partial charge in [0.1, 0.15) is 5.82 Å². The van der Waals surface area contributed by atoms with E-state index in [-0.39, 0.29) is 5.56 Å². The second-order valence-electron chi connectivity index (χ2n) is 4.02. The Balaban J connectivity index is 2.30. The summed E-state index contributed by atoms with van der Waals surface area (Å²) in [7, 11) is 0. The molecule has 5 heteroatoms. The fourth-order valence-corrected chi connectivity index (χ4v) is 1.85. The maximum absolute atomic E-state index is 13.5. The van der Waals surface area contributed by atoms with Crippen molar-refractivity contribution in [2.24, 2.45) is 0 Å². The number of halogens is 2. The van der Waals surface area contributed by atoms with Crippen LogP contribution in [0.4, 0.5) is 4.39 Å². The highest BCUT2D eigenvalue weighted by atomic mass is 35.5. The molecular weight excluding hydrogens is 255 g/mol. The first-order chi connectivity index (χ1) is 8.49. The van der Waals surface area contributed by atoms with E-state index < -0.39 is 11.7 Å². The number of hydrogen-bond acceptors (Lipinski definition) is 1. The van der Waals surface area contributed by atoms with Crippen molar-refractivity contribution in [2.75, 3.05) is 5.43 Å². The molecule has 0 aliphatic heterocycles. The minimum Gasteiger partial charge on any atom is -0.267 e. The minimum atomic E-state index is -0.598. The minimum absolute atomic E-state index is 0.0741. The number of nitrogens with zero attached hydrogens (tertiary/aromatic N) is 1. The summed E-state index contributed by atoms with van der Waals surface area (Å²) in [5.74, 6) is -1.13. The van der Waals surface area contributed by atoms with Crippen molar-refractivity contribution < 1.29 is 9.18 Å². The molecule has 0 atom stereocenters. The Morgan fingerprint density at radius 2 is 1.83 bits per heavy atom. The third-order valence-electron chi connectivity index (χ3n) is 2.66. The van der Waals surface area contributed by atoms with E-state index in [1.807, 2.05) is 26.0 Å². The molecule has 94 valence electrons. The average Bonchev–Trinajstić information content (AvgIpc) is 2.64. The van der Waals surface area contributed by atoms with E-state index in [1.54, 1.807) is 4.68 Å². The van der Waals surface area contributed by atoms with Crippen LogP contribution >= 0.6 is 11.6 Å². The van der Waals surface area contributed by atoms with Gasteiger partial charge in [0.05, 0.1) is 5.56 Å². The molecule has 0 fully saturated rings. The van der Waals surface area contributed by atoms with Gasteiger partial charge in [-0.05, 0) is 44.2 Å². The maximum atomic E-state index is 13.5. The Hall–Kier alpha value is -1.81. The maximum Gasteiger partial charge on any atom is 0.273 e. The van der Waals surface area contributed by atoms with E-state index >= 15 is 0 Å². The number of amides is 1. The number of hydrogen-bond donors (Lipinski definition) is 1. The standard InChI is InChI=1S/C13H12ClFN2O/c1-8-3-4-9(2)17(8)16-13(18)11-7-10(14)5-6-12(11)15/h3-7H,1-2H3,(H,16,18). The number of carbonyl (C=O) groups excluding carboxylic acids is 1. The van der Waals surface area contributed by atoms with Crippen molar-refractivity contribution in [3.63, 3.8) is 0 Å². The SMILES string of the molecule is Cc1ccc(C)n1NC(=O)c1cc(Cl)ccc1F. The molecule has 18 heavy (non-hydrogen) atoms. The number of rotatable bonds is 2. The van der Waals surface area contributed by atoms with Crippen LogP contribution in [-0.2, 0) is 0 Å². The summed E-state index contributed by atoms with van der Waals surface area (Å²) < 4.78 is 15.1. The van der Waals surface area contributed by atoms with E-state index in [2.05, 4.69) is 5.43 Å². The van der Waals surface area contributed by atoms with E-state index in [0.29, 0.717) is 5.02 Å². The Morgan fingerprint density at radius 3 is 2.44 bits per heavy atom. The average molecular weight is 267 g/mol. The Labute approximate surface area is 109 Å². The fraction of sp³-hybridized carbons (Fsp3) is 0.154. The van der Waals surface area contributed by atoms with Gasteiger partial charge in [-0.1, -0.05) is 11.6 Å². The van der Waals surface area contributed by atoms with Crippen molar-refractivity contribution in [2.45, 2.75) is 13.8 Å². The Kier molecular flexibility index (Phi) is 3.39. The van der Waals surface area contributed by atoms with Crippen molar-refractivity contribution in [3.8, 4) is 0 Å². The van der Waals surface area contributed by atoms with Gasteiger partial charge in [0.25, 0.3) is 5.91 Å². The van der Waals surface area contributed by atoms with E-state index in [9.17, 15) is 9.18 Å². The third kappa shape index (κ3) is 2.38. The van der Waals surface area contributed by atoms with Crippen molar-refractivity contribution in [1.29, 1.82) is 0 Å². The molecule has 1 amide bonds. The number of nitrogens with one attached hydrogen (secondary N) is 1. The highest BCUT2D eigenvalue weighted by Crippen LogP contribution is 2.15. The molecule has 0 bridgehead atoms. The molecule has 3 nitrogen and oxygen atoms in total. The van der Waals surface area contributed by atoms with Crippen LogP contribution in [-0.4, -0.2) is 10.6 Å². The number of aromatic nitrogens is 1. The van der Waals surface area contributed by atoms with E-state index in [4.69, 9.17) is 11.6 Å². The largest absolute Gasteiger partial charge is 0.273 e. The van der Waals surface area contributed by atoms with Crippen molar-refractivity contribution >= 4 is 17.5 Å². The highest BCUT2D eigenvalue weighted by Gasteiger charge is 2.13. The molecule has 1 aromatic heterocycles. The highest BCUT2D eigenvalue weighted by molar-refractivity contribution is 6.31. The lowest BCUT2D eigenvalue weighted by molar-refractivity contribution is 0.100. The molecule has 1 heterocycles. The van der Waals surface area contributed by atoms with E-state index in [0.717, 1.165) is 11.4 Å². The number of benzene rings is 1. The summed E-state index contributed by atoms with van der Waals surface area (Å²) in [6.45, 7) is 3.70. The second kappa shape index (κ2) is 4.82. The van der Waals surface area contributed by atoms with Crippen LogP contribution in [0, 0.1) is 19.7 Å². The van der Waals surface area contributed by atoms with Gasteiger partial charge >= 0.3 is 0 Å². The van der Waals surface area contributed by atoms with Gasteiger partial charge in [0, 0.05) is 16.4 Å². The molecule has 2 aromatic rings. The molecule has 0 aliphatic carbocycles. The van der Waals surface area contributed by atoms with Gasteiger partial charge in [-0.2, -0.15) is 0 Å². The van der Waals surface area contributed by atoms with Gasteiger partial charge in [0.15, 0.2) is 0 Å². The van der Waals surface area contributed by atoms with Gasteiger partial charge < -0.3 is 0 Å². The quantitative estimate of drug-likeness (QED) is 0.889. The fourth-order valence-electron chi connectivity index (χ4n) is 1.68. The normalized spacial score (nSPS) is 10.4. The predicted molar refractivity (Wildman–Crippen MR) is 69.0 cm³/mol. The van der Waals surface area contributed by atoms with Crippen LogP contribution in [0.25, 0.3) is 0 Å². The summed E-state index contributed by atoms with van der Waals surface area (Å²) in [5, 5.41) is 0.322. The van der Waals surface area contributed by atoms with Crippen molar-refractivity contribution in [1.82, 2.24) is 4.68 Å². The zero-order chi connectivity index (χ0) is 13.3. The van der Waals surface area contributed by atoms with Crippen molar-refractivity contribution in [3.05, 3.63) is 58.1 Å². The predicted octanol–water partition coefficient (Wildman–Crippen LogP) is 3.28. The molecule has 2 rings (SSSR count). The topological polar surface area (TPSA) is 34.0 Å². The lowest BCUT2D eigenvalue weighted by Crippen LogP contribution is -2.25. The van der Waals surface area contributed by atoms with Crippen LogP contribution in [0.15, 0.2) is 30.3 Å². The third-order valence-corrected chi connectivity index (χ3v) is 2.89. The first kappa shape index (κ1) is 12.6. The zero-order valence-corrected chi connectivity index (χ0v) is 10.8. The smallest absolute Gasteiger partial charge is 0.267 e. The molecule has 1 N–H and O–H groups in total. The summed E-state index contributed by atoms with van der Waals surface area (Å²) in [4.78, 5) is 12.0. The number of carbonyl (C=O) groups is 1. The molecule has 1 aromatic carbocycles. The number of aryl methyl sites for hydroxylation is 2. The van der Waals surface area contributed by atoms with Gasteiger partial charge in [-0.3, -0.25) is 14.9 Å². The van der Waals surface area contributed by atoms with E-state index in [1.165, 1.54) is 18.2 Å². The first-order valence-electron chi connectivity index (χ1n) is 5.40. The summed E-state index contributed by atoms with van der Waals surface area (Å²) >= 11 is 5.75. The molecular formula is C13H12ClFN2O. The summed E-state index contributed by atoms with van der Waals surface area (Å²) in [6, 6.07) is 7.61. The molecule has 0 saturated heterocycles. The van der Waals surface area contributed by atoms with Crippen LogP contribution in [0.3, 0.4) is 0 Å². The summed E-state index contributed by atoms with van der Waals surface area (Å²) in [5.41, 5.74) is 4.28. The van der Waals surface area contributed by atoms with Crippen LogP contribution < -0.4 is 5.43 Å². The van der Waals surface area contributed by atoms with Gasteiger partial charge in [-0.25, -0.2) is 4.39 Å². The molecule has 0 spiro atoms. The van der Waals surface area contributed by atoms with Gasteiger partial charge in [-0.15, -0.1) is 0 Å². The molecule has 0 saturated carbocycles. The zero-order valence-electron chi connectivity index (χ0n) is 10.00. The monoisotopic (exact) mass is 266 g/mol. The van der Waals surface area contributed by atoms with Crippen LogP contribution in [0.1, 0.15) is 21.7 Å². The molecule has 0 radical (unpaired) electrons.